The molecule has 0 aliphatic carbocycles. The van der Waals surface area contributed by atoms with Gasteiger partial charge < -0.3 is 15.8 Å². The van der Waals surface area contributed by atoms with E-state index in [0.717, 1.165) is 11.4 Å². The molecule has 2 rings (SSSR count). The quantitative estimate of drug-likeness (QED) is 0.657. The van der Waals surface area contributed by atoms with Gasteiger partial charge in [-0.05, 0) is 23.6 Å². The fraction of sp³-hybridized carbons (Fsp3) is 0.312. The van der Waals surface area contributed by atoms with Crippen LogP contribution in [0.2, 0.25) is 0 Å². The zero-order chi connectivity index (χ0) is 15.3. The summed E-state index contributed by atoms with van der Waals surface area (Å²) in [6, 6.07) is 11.8. The average Bonchev–Trinajstić information content (AvgIpc) is 3.00. The summed E-state index contributed by atoms with van der Waals surface area (Å²) in [5.41, 5.74) is 6.81. The van der Waals surface area contributed by atoms with E-state index < -0.39 is 0 Å². The van der Waals surface area contributed by atoms with E-state index in [1.807, 2.05) is 24.3 Å². The summed E-state index contributed by atoms with van der Waals surface area (Å²) in [7, 11) is 1.64. The van der Waals surface area contributed by atoms with Crippen LogP contribution in [-0.2, 0) is 5.41 Å². The molecule has 0 atom stereocenters. The highest BCUT2D eigenvalue weighted by Crippen LogP contribution is 2.27. The van der Waals surface area contributed by atoms with Gasteiger partial charge in [-0.15, -0.1) is 11.3 Å². The molecule has 1 heterocycles. The van der Waals surface area contributed by atoms with Gasteiger partial charge in [0.1, 0.15) is 5.75 Å². The van der Waals surface area contributed by atoms with Crippen molar-refractivity contribution < 1.29 is 4.74 Å². The Labute approximate surface area is 129 Å². The van der Waals surface area contributed by atoms with Crippen LogP contribution in [0.4, 0.5) is 5.69 Å². The number of benzene rings is 1. The molecular weight excluding hydrogens is 282 g/mol. The van der Waals surface area contributed by atoms with Gasteiger partial charge in [-0.3, -0.25) is 4.99 Å². The molecule has 2 aromatic rings. The Kier molecular flexibility index (Phi) is 4.85. The van der Waals surface area contributed by atoms with Gasteiger partial charge in [0.05, 0.1) is 13.7 Å². The van der Waals surface area contributed by atoms with Crippen molar-refractivity contribution in [2.75, 3.05) is 19.0 Å². The Bertz CT molecular complexity index is 606. The summed E-state index contributed by atoms with van der Waals surface area (Å²) in [5, 5.41) is 5.17. The molecule has 0 unspecified atom stereocenters. The molecule has 0 radical (unpaired) electrons. The molecule has 21 heavy (non-hydrogen) atoms. The summed E-state index contributed by atoms with van der Waals surface area (Å²) in [6.45, 7) is 4.97. The second kappa shape index (κ2) is 6.63. The minimum Gasteiger partial charge on any atom is -0.497 e. The molecule has 3 N–H and O–H groups in total. The minimum absolute atomic E-state index is 0.0190. The Hall–Kier alpha value is -2.01. The molecule has 1 aromatic heterocycles. The lowest BCUT2D eigenvalue weighted by molar-refractivity contribution is 0.415. The molecule has 0 aliphatic rings. The van der Waals surface area contributed by atoms with Crippen molar-refractivity contribution in [2.24, 2.45) is 10.7 Å². The molecule has 4 nitrogen and oxygen atoms in total. The van der Waals surface area contributed by atoms with E-state index in [0.29, 0.717) is 12.5 Å². The summed E-state index contributed by atoms with van der Waals surface area (Å²) in [6.07, 6.45) is 0. The summed E-state index contributed by atoms with van der Waals surface area (Å²) in [5.74, 6) is 1.19. The first-order valence-corrected chi connectivity index (χ1v) is 7.64. The highest BCUT2D eigenvalue weighted by atomic mass is 32.1. The number of methoxy groups -OCH3 is 1. The third-order valence-electron chi connectivity index (χ3n) is 3.18. The molecule has 0 bridgehead atoms. The van der Waals surface area contributed by atoms with Gasteiger partial charge in [0.15, 0.2) is 5.96 Å². The van der Waals surface area contributed by atoms with Crippen molar-refractivity contribution in [1.82, 2.24) is 0 Å². The molecule has 5 heteroatoms. The molecule has 0 fully saturated rings. The third-order valence-corrected chi connectivity index (χ3v) is 4.41. The Morgan fingerprint density at radius 1 is 1.33 bits per heavy atom. The predicted molar refractivity (Wildman–Crippen MR) is 90.5 cm³/mol. The highest BCUT2D eigenvalue weighted by molar-refractivity contribution is 7.10. The van der Waals surface area contributed by atoms with E-state index in [9.17, 15) is 0 Å². The average molecular weight is 303 g/mol. The van der Waals surface area contributed by atoms with Crippen LogP contribution in [0, 0.1) is 0 Å². The fourth-order valence-electron chi connectivity index (χ4n) is 1.91. The standard InChI is InChI=1S/C16H21N3OS/c1-16(2,14-8-5-9-21-14)11-18-15(17)19-12-6-4-7-13(10-12)20-3/h4-10H,11H2,1-3H3,(H3,17,18,19). The van der Waals surface area contributed by atoms with Crippen molar-refractivity contribution in [1.29, 1.82) is 0 Å². The number of aliphatic imine (C=N–C) groups is 1. The van der Waals surface area contributed by atoms with E-state index >= 15 is 0 Å². The number of nitrogens with zero attached hydrogens (tertiary/aromatic N) is 1. The lowest BCUT2D eigenvalue weighted by atomic mass is 9.92. The topological polar surface area (TPSA) is 59.6 Å². The van der Waals surface area contributed by atoms with Crippen LogP contribution in [0.15, 0.2) is 46.8 Å². The van der Waals surface area contributed by atoms with Crippen molar-refractivity contribution in [3.05, 3.63) is 46.7 Å². The molecule has 1 aromatic carbocycles. The summed E-state index contributed by atoms with van der Waals surface area (Å²) in [4.78, 5) is 5.76. The van der Waals surface area contributed by atoms with Crippen LogP contribution in [0.1, 0.15) is 18.7 Å². The van der Waals surface area contributed by atoms with Crippen molar-refractivity contribution in [2.45, 2.75) is 19.3 Å². The highest BCUT2D eigenvalue weighted by Gasteiger charge is 2.21. The van der Waals surface area contributed by atoms with Gasteiger partial charge in [-0.1, -0.05) is 26.0 Å². The molecule has 0 saturated carbocycles. The number of anilines is 1. The number of guanidine groups is 1. The van der Waals surface area contributed by atoms with Gasteiger partial charge in [0, 0.05) is 22.0 Å². The van der Waals surface area contributed by atoms with Crippen LogP contribution in [0.25, 0.3) is 0 Å². The molecule has 0 spiro atoms. The number of rotatable bonds is 5. The lowest BCUT2D eigenvalue weighted by Gasteiger charge is -2.21. The molecule has 112 valence electrons. The summed E-state index contributed by atoms with van der Waals surface area (Å²) >= 11 is 1.74. The number of nitrogens with one attached hydrogen (secondary N) is 1. The van der Waals surface area contributed by atoms with Crippen LogP contribution in [-0.4, -0.2) is 19.6 Å². The number of thiophene rings is 1. The number of nitrogens with two attached hydrogens (primary N) is 1. The Balaban J connectivity index is 2.01. The van der Waals surface area contributed by atoms with Crippen LogP contribution in [0.3, 0.4) is 0 Å². The first kappa shape index (κ1) is 15.4. The lowest BCUT2D eigenvalue weighted by Crippen LogP contribution is -2.27. The third kappa shape index (κ3) is 4.23. The summed E-state index contributed by atoms with van der Waals surface area (Å²) < 4.78 is 5.18. The van der Waals surface area contributed by atoms with Gasteiger partial charge in [0.25, 0.3) is 0 Å². The number of hydrogen-bond acceptors (Lipinski definition) is 3. The number of hydrogen-bond donors (Lipinski definition) is 2. The maximum atomic E-state index is 5.96. The van der Waals surface area contributed by atoms with Gasteiger partial charge in [-0.25, -0.2) is 0 Å². The number of ether oxygens (including phenoxy) is 1. The largest absolute Gasteiger partial charge is 0.497 e. The van der Waals surface area contributed by atoms with E-state index in [2.05, 4.69) is 41.7 Å². The van der Waals surface area contributed by atoms with Gasteiger partial charge >= 0.3 is 0 Å². The Morgan fingerprint density at radius 2 is 2.14 bits per heavy atom. The normalized spacial score (nSPS) is 12.2. The monoisotopic (exact) mass is 303 g/mol. The van der Waals surface area contributed by atoms with Crippen molar-refractivity contribution >= 4 is 23.0 Å². The van der Waals surface area contributed by atoms with Crippen LogP contribution >= 0.6 is 11.3 Å². The predicted octanol–water partition coefficient (Wildman–Crippen LogP) is 3.46. The second-order valence-electron chi connectivity index (χ2n) is 5.42. The van der Waals surface area contributed by atoms with E-state index in [1.165, 1.54) is 4.88 Å². The van der Waals surface area contributed by atoms with Crippen molar-refractivity contribution in [3.8, 4) is 5.75 Å². The molecule has 0 saturated heterocycles. The van der Waals surface area contributed by atoms with E-state index in [-0.39, 0.29) is 5.41 Å². The van der Waals surface area contributed by atoms with E-state index in [4.69, 9.17) is 10.5 Å². The maximum absolute atomic E-state index is 5.96. The van der Waals surface area contributed by atoms with Crippen LogP contribution in [0.5, 0.6) is 5.75 Å². The molecule has 0 aliphatic heterocycles. The van der Waals surface area contributed by atoms with Gasteiger partial charge in [-0.2, -0.15) is 0 Å². The van der Waals surface area contributed by atoms with Gasteiger partial charge in [0.2, 0.25) is 0 Å². The fourth-order valence-corrected chi connectivity index (χ4v) is 2.76. The molecule has 0 amide bonds. The molecular formula is C16H21N3OS. The first-order chi connectivity index (χ1) is 10.0. The minimum atomic E-state index is -0.0190. The van der Waals surface area contributed by atoms with Crippen molar-refractivity contribution in [3.63, 3.8) is 0 Å². The SMILES string of the molecule is COc1cccc(NC(N)=NCC(C)(C)c2cccs2)c1. The van der Waals surface area contributed by atoms with E-state index in [1.54, 1.807) is 18.4 Å². The Morgan fingerprint density at radius 3 is 2.81 bits per heavy atom. The second-order valence-corrected chi connectivity index (χ2v) is 6.37. The maximum Gasteiger partial charge on any atom is 0.193 e. The zero-order valence-electron chi connectivity index (χ0n) is 12.6. The zero-order valence-corrected chi connectivity index (χ0v) is 13.4. The smallest absolute Gasteiger partial charge is 0.193 e. The van der Waals surface area contributed by atoms with Crippen LogP contribution < -0.4 is 15.8 Å². The first-order valence-electron chi connectivity index (χ1n) is 6.76.